The predicted octanol–water partition coefficient (Wildman–Crippen LogP) is 0.620. The maximum Gasteiger partial charge on any atom is 0.361 e. The highest BCUT2D eigenvalue weighted by atomic mass is 32.2. The van der Waals surface area contributed by atoms with Gasteiger partial charge < -0.3 is 9.30 Å². The summed E-state index contributed by atoms with van der Waals surface area (Å²) in [5, 5.41) is 9.42. The number of carbonyl (C=O) groups excluding carboxylic acids is 1. The molecular weight excluding hydrogens is 450 g/mol. The molecule has 166 valence electrons. The lowest BCUT2D eigenvalue weighted by atomic mass is 10.3. The van der Waals surface area contributed by atoms with Crippen LogP contribution in [-0.4, -0.2) is 60.7 Å². The van der Waals surface area contributed by atoms with Gasteiger partial charge in [0.1, 0.15) is 5.75 Å². The Bertz CT molecular complexity index is 1250. The van der Waals surface area contributed by atoms with Gasteiger partial charge >= 0.3 is 6.03 Å². The second kappa shape index (κ2) is 8.41. The lowest BCUT2D eigenvalue weighted by molar-refractivity contribution is 0.0891. The van der Waals surface area contributed by atoms with Crippen molar-refractivity contribution in [1.82, 2.24) is 24.5 Å². The van der Waals surface area contributed by atoms with E-state index in [1.54, 1.807) is 0 Å². The van der Waals surface area contributed by atoms with E-state index in [2.05, 4.69) is 4.98 Å². The summed E-state index contributed by atoms with van der Waals surface area (Å²) in [5.74, 6) is 0.417. The standard InChI is InChI=1S/C17H19N5O7S2/c1-20-12-9-18-17(20)30(25,26)14-7-10-21(16(23)19-24)22(11-8-14)31(27,28)15-5-3-13(29-2)4-6-15/h3-9,11-12,24H,10H2,1-2H3,(H,19,23). The highest BCUT2D eigenvalue weighted by Crippen LogP contribution is 2.26. The van der Waals surface area contributed by atoms with Gasteiger partial charge in [-0.05, 0) is 36.4 Å². The van der Waals surface area contributed by atoms with Gasteiger partial charge in [-0.3, -0.25) is 5.21 Å². The summed E-state index contributed by atoms with van der Waals surface area (Å²) in [7, 11) is -5.54. The average molecular weight is 470 g/mol. The smallest absolute Gasteiger partial charge is 0.361 e. The number of allylic oxidation sites excluding steroid dienone is 1. The van der Waals surface area contributed by atoms with Gasteiger partial charge in [0.25, 0.3) is 10.0 Å². The molecule has 0 saturated heterocycles. The number of benzene rings is 1. The molecule has 1 aliphatic heterocycles. The number of aromatic nitrogens is 2. The van der Waals surface area contributed by atoms with E-state index in [-0.39, 0.29) is 15.0 Å². The summed E-state index contributed by atoms with van der Waals surface area (Å²) >= 11 is 0. The van der Waals surface area contributed by atoms with Crippen LogP contribution in [0.15, 0.2) is 70.0 Å². The first-order valence-electron chi connectivity index (χ1n) is 8.63. The third kappa shape index (κ3) is 4.12. The second-order valence-corrected chi connectivity index (χ2v) is 9.84. The Hall–Kier alpha value is -3.36. The SMILES string of the molecule is COc1ccc(S(=O)(=O)N2C=CC(S(=O)(=O)c3nccn3C)=CCN2C(=O)NO)cc1. The van der Waals surface area contributed by atoms with E-state index < -0.39 is 32.4 Å². The molecule has 0 atom stereocenters. The Morgan fingerprint density at radius 2 is 1.87 bits per heavy atom. The van der Waals surface area contributed by atoms with Crippen LogP contribution in [0.25, 0.3) is 0 Å². The molecule has 2 N–H and O–H groups in total. The topological polar surface area (TPSA) is 151 Å². The van der Waals surface area contributed by atoms with E-state index >= 15 is 0 Å². The predicted molar refractivity (Wildman–Crippen MR) is 107 cm³/mol. The number of sulfonamides is 1. The Labute approximate surface area is 178 Å². The molecule has 0 bridgehead atoms. The molecule has 14 heteroatoms. The first-order chi connectivity index (χ1) is 14.6. The zero-order valence-corrected chi connectivity index (χ0v) is 18.0. The Balaban J connectivity index is 2.06. The van der Waals surface area contributed by atoms with Crippen LogP contribution in [0.1, 0.15) is 0 Å². The maximum atomic E-state index is 13.2. The van der Waals surface area contributed by atoms with Gasteiger partial charge in [-0.2, -0.15) is 12.8 Å². The van der Waals surface area contributed by atoms with Gasteiger partial charge in [0.05, 0.1) is 23.5 Å². The number of nitrogens with one attached hydrogen (secondary N) is 1. The number of ether oxygens (including phenoxy) is 1. The molecule has 31 heavy (non-hydrogen) atoms. The van der Waals surface area contributed by atoms with Crippen LogP contribution in [0.4, 0.5) is 4.79 Å². The fourth-order valence-electron chi connectivity index (χ4n) is 2.75. The first kappa shape index (κ1) is 22.3. The van der Waals surface area contributed by atoms with Crippen LogP contribution in [0.5, 0.6) is 5.75 Å². The Kier molecular flexibility index (Phi) is 6.06. The normalized spacial score (nSPS) is 14.7. The summed E-state index contributed by atoms with van der Waals surface area (Å²) < 4.78 is 59.0. The van der Waals surface area contributed by atoms with Crippen molar-refractivity contribution in [2.45, 2.75) is 10.1 Å². The molecule has 0 radical (unpaired) electrons. The van der Waals surface area contributed by atoms with Crippen molar-refractivity contribution in [3.05, 3.63) is 59.9 Å². The monoisotopic (exact) mass is 469 g/mol. The Morgan fingerprint density at radius 3 is 2.42 bits per heavy atom. The van der Waals surface area contributed by atoms with E-state index in [0.29, 0.717) is 15.2 Å². The van der Waals surface area contributed by atoms with Crippen LogP contribution < -0.4 is 10.2 Å². The molecule has 0 aliphatic carbocycles. The van der Waals surface area contributed by atoms with Crippen molar-refractivity contribution in [1.29, 1.82) is 0 Å². The van der Waals surface area contributed by atoms with Crippen molar-refractivity contribution in [3.63, 3.8) is 0 Å². The lowest BCUT2D eigenvalue weighted by Crippen LogP contribution is -2.49. The highest BCUT2D eigenvalue weighted by molar-refractivity contribution is 7.95. The van der Waals surface area contributed by atoms with Gasteiger partial charge in [-0.1, -0.05) is 0 Å². The molecule has 0 fully saturated rings. The number of hydrogen-bond donors (Lipinski definition) is 2. The van der Waals surface area contributed by atoms with Crippen LogP contribution in [0, 0.1) is 0 Å². The fourth-order valence-corrected chi connectivity index (χ4v) is 5.46. The van der Waals surface area contributed by atoms with Gasteiger partial charge in [-0.15, -0.1) is 0 Å². The van der Waals surface area contributed by atoms with E-state index in [1.165, 1.54) is 60.9 Å². The number of nitrogens with zero attached hydrogens (tertiary/aromatic N) is 4. The van der Waals surface area contributed by atoms with Crippen LogP contribution >= 0.6 is 0 Å². The number of hydrogen-bond acceptors (Lipinski definition) is 8. The van der Waals surface area contributed by atoms with Crippen molar-refractivity contribution < 1.29 is 31.6 Å². The second-order valence-electron chi connectivity index (χ2n) is 6.20. The molecule has 2 amide bonds. The molecule has 1 aromatic heterocycles. The van der Waals surface area contributed by atoms with Gasteiger partial charge in [0, 0.05) is 25.6 Å². The summed E-state index contributed by atoms with van der Waals surface area (Å²) in [6.07, 6.45) is 5.84. The summed E-state index contributed by atoms with van der Waals surface area (Å²) in [6, 6.07) is 4.18. The van der Waals surface area contributed by atoms with Gasteiger partial charge in [-0.25, -0.2) is 28.7 Å². The number of imidazole rings is 1. The number of carbonyl (C=O) groups is 1. The summed E-state index contributed by atoms with van der Waals surface area (Å²) in [4.78, 5) is 15.5. The third-order valence-corrected chi connectivity index (χ3v) is 7.81. The van der Waals surface area contributed by atoms with E-state index in [9.17, 15) is 21.6 Å². The maximum absolute atomic E-state index is 13.2. The molecule has 1 aliphatic rings. The number of aryl methyl sites for hydroxylation is 1. The minimum Gasteiger partial charge on any atom is -0.497 e. The number of rotatable bonds is 5. The molecule has 2 heterocycles. The first-order valence-corrected chi connectivity index (χ1v) is 11.6. The molecule has 1 aromatic carbocycles. The number of amides is 2. The minimum atomic E-state index is -4.35. The third-order valence-electron chi connectivity index (χ3n) is 4.33. The average Bonchev–Trinajstić information content (AvgIpc) is 3.06. The van der Waals surface area contributed by atoms with Crippen LogP contribution in [0.2, 0.25) is 0 Å². The zero-order chi connectivity index (χ0) is 22.8. The van der Waals surface area contributed by atoms with Crippen molar-refractivity contribution in [2.24, 2.45) is 7.05 Å². The lowest BCUT2D eigenvalue weighted by Gasteiger charge is -2.30. The Morgan fingerprint density at radius 1 is 1.19 bits per heavy atom. The number of hydrazine groups is 1. The van der Waals surface area contributed by atoms with Gasteiger partial charge in [0.2, 0.25) is 15.0 Å². The number of hydroxylamine groups is 1. The zero-order valence-electron chi connectivity index (χ0n) is 16.4. The van der Waals surface area contributed by atoms with Crippen LogP contribution in [-0.2, 0) is 26.9 Å². The van der Waals surface area contributed by atoms with Gasteiger partial charge in [0.15, 0.2) is 0 Å². The number of sulfone groups is 1. The quantitative estimate of drug-likeness (QED) is 0.478. The fraction of sp³-hybridized carbons (Fsp3) is 0.176. The molecule has 2 aromatic rings. The molecule has 0 spiro atoms. The number of urea groups is 1. The largest absolute Gasteiger partial charge is 0.497 e. The number of methoxy groups -OCH3 is 1. The molecule has 0 saturated carbocycles. The van der Waals surface area contributed by atoms with Crippen molar-refractivity contribution in [3.8, 4) is 5.75 Å². The summed E-state index contributed by atoms with van der Waals surface area (Å²) in [5.41, 5.74) is 1.36. The van der Waals surface area contributed by atoms with Crippen LogP contribution in [0.3, 0.4) is 0 Å². The molecule has 0 unspecified atom stereocenters. The van der Waals surface area contributed by atoms with Crippen molar-refractivity contribution in [2.75, 3.05) is 13.7 Å². The highest BCUT2D eigenvalue weighted by Gasteiger charge is 2.33. The minimum absolute atomic E-state index is 0.191. The van der Waals surface area contributed by atoms with Crippen molar-refractivity contribution >= 4 is 25.9 Å². The molecule has 12 nitrogen and oxygen atoms in total. The van der Waals surface area contributed by atoms with E-state index in [0.717, 1.165) is 18.4 Å². The van der Waals surface area contributed by atoms with E-state index in [1.807, 2.05) is 0 Å². The van der Waals surface area contributed by atoms with E-state index in [4.69, 9.17) is 9.94 Å². The summed E-state index contributed by atoms with van der Waals surface area (Å²) in [6.45, 7) is -0.478. The molecular formula is C17H19N5O7S2. The molecule has 3 rings (SSSR count).